The molecule has 28 heavy (non-hydrogen) atoms. The second-order valence-corrected chi connectivity index (χ2v) is 7.89. The van der Waals surface area contributed by atoms with E-state index >= 15 is 0 Å². The van der Waals surface area contributed by atoms with Crippen molar-refractivity contribution < 1.29 is 14.3 Å². The maximum Gasteiger partial charge on any atom is 0.170 e. The number of hydrogen-bond donors (Lipinski definition) is 0. The highest BCUT2D eigenvalue weighted by Gasteiger charge is 2.37. The molecule has 0 bridgehead atoms. The lowest BCUT2D eigenvalue weighted by Gasteiger charge is -2.36. The Balaban J connectivity index is 1.68. The van der Waals surface area contributed by atoms with E-state index in [2.05, 4.69) is 24.0 Å². The molecule has 0 spiro atoms. The van der Waals surface area contributed by atoms with E-state index in [4.69, 9.17) is 9.47 Å². The van der Waals surface area contributed by atoms with Crippen LogP contribution in [0.15, 0.2) is 42.5 Å². The van der Waals surface area contributed by atoms with Crippen LogP contribution in [-0.2, 0) is 0 Å². The minimum Gasteiger partial charge on any atom is -0.496 e. The number of ketones is 1. The molecule has 1 aliphatic heterocycles. The van der Waals surface area contributed by atoms with Gasteiger partial charge >= 0.3 is 0 Å². The highest BCUT2D eigenvalue weighted by Crippen LogP contribution is 2.40. The van der Waals surface area contributed by atoms with Gasteiger partial charge in [0.1, 0.15) is 22.1 Å². The number of ether oxygens (including phenoxy) is 2. The second-order valence-electron chi connectivity index (χ2n) is 6.92. The van der Waals surface area contributed by atoms with Crippen molar-refractivity contribution in [1.82, 2.24) is 10.2 Å². The van der Waals surface area contributed by atoms with Crippen LogP contribution in [0.25, 0.3) is 21.1 Å². The number of carbonyl (C=O) groups is 1. The Morgan fingerprint density at radius 2 is 1.82 bits per heavy atom. The number of nitrogens with zero attached hydrogens (tertiary/aromatic N) is 2. The zero-order valence-electron chi connectivity index (χ0n) is 16.2. The monoisotopic (exact) mass is 394 g/mol. The normalized spacial score (nSPS) is 15.0. The summed E-state index contributed by atoms with van der Waals surface area (Å²) in [6.07, 6.45) is 2.04. The van der Waals surface area contributed by atoms with Crippen molar-refractivity contribution in [3.8, 4) is 32.6 Å². The molecule has 0 N–H and O–H groups in total. The van der Waals surface area contributed by atoms with Gasteiger partial charge < -0.3 is 9.47 Å². The molecule has 2 aromatic carbocycles. The van der Waals surface area contributed by atoms with Crippen LogP contribution in [0.4, 0.5) is 0 Å². The molecule has 4 rings (SSSR count). The van der Waals surface area contributed by atoms with Crippen LogP contribution >= 0.6 is 11.3 Å². The summed E-state index contributed by atoms with van der Waals surface area (Å²) in [5.74, 6) is 1.55. The van der Waals surface area contributed by atoms with Crippen LogP contribution in [-0.4, -0.2) is 28.7 Å². The average molecular weight is 394 g/mol. The van der Waals surface area contributed by atoms with Gasteiger partial charge in [-0.25, -0.2) is 0 Å². The van der Waals surface area contributed by atoms with Crippen molar-refractivity contribution in [2.45, 2.75) is 38.7 Å². The lowest BCUT2D eigenvalue weighted by atomic mass is 9.85. The first-order valence-electron chi connectivity index (χ1n) is 9.42. The van der Waals surface area contributed by atoms with Crippen LogP contribution in [0.5, 0.6) is 11.5 Å². The van der Waals surface area contributed by atoms with Gasteiger partial charge in [0.2, 0.25) is 0 Å². The number of aromatic nitrogens is 2. The Bertz CT molecular complexity index is 1020. The number of fused-ring (bicyclic) bond motifs is 1. The molecule has 0 radical (unpaired) electrons. The Labute approximate surface area is 168 Å². The summed E-state index contributed by atoms with van der Waals surface area (Å²) in [6, 6.07) is 13.4. The lowest BCUT2D eigenvalue weighted by molar-refractivity contribution is 0.0350. The Morgan fingerprint density at radius 1 is 1.07 bits per heavy atom. The summed E-state index contributed by atoms with van der Waals surface area (Å²) in [7, 11) is 1.64. The molecule has 0 aliphatic carbocycles. The van der Waals surface area contributed by atoms with Crippen molar-refractivity contribution in [2.24, 2.45) is 0 Å². The Hall–Kier alpha value is -2.73. The van der Waals surface area contributed by atoms with Gasteiger partial charge in [-0.2, -0.15) is 0 Å². The Kier molecular flexibility index (Phi) is 4.89. The van der Waals surface area contributed by atoms with E-state index in [1.165, 1.54) is 11.3 Å². The number of rotatable bonds is 5. The molecular formula is C22H22N2O3S. The molecule has 0 atom stereocenters. The maximum absolute atomic E-state index is 12.8. The van der Waals surface area contributed by atoms with Gasteiger partial charge in [-0.3, -0.25) is 4.79 Å². The fraction of sp³-hybridized carbons (Fsp3) is 0.318. The van der Waals surface area contributed by atoms with Gasteiger partial charge in [-0.15, -0.1) is 10.2 Å². The minimum absolute atomic E-state index is 0.126. The SMILES string of the molecule is CCC1(CC)CC(=O)c2cc(-c3nnc(-c4ccccc4OC)s3)ccc2O1. The van der Waals surface area contributed by atoms with Crippen LogP contribution < -0.4 is 9.47 Å². The zero-order valence-corrected chi connectivity index (χ0v) is 17.0. The van der Waals surface area contributed by atoms with Gasteiger partial charge in [0.05, 0.1) is 24.7 Å². The van der Waals surface area contributed by atoms with E-state index in [1.54, 1.807) is 7.11 Å². The molecule has 1 aromatic heterocycles. The van der Waals surface area contributed by atoms with E-state index in [0.29, 0.717) is 17.7 Å². The fourth-order valence-corrected chi connectivity index (χ4v) is 4.41. The first kappa shape index (κ1) is 18.6. The first-order chi connectivity index (χ1) is 13.6. The molecule has 0 saturated heterocycles. The number of para-hydroxylation sites is 1. The first-order valence-corrected chi connectivity index (χ1v) is 10.2. The van der Waals surface area contributed by atoms with Crippen molar-refractivity contribution in [2.75, 3.05) is 7.11 Å². The van der Waals surface area contributed by atoms with Gasteiger partial charge in [0.25, 0.3) is 0 Å². The Morgan fingerprint density at radius 3 is 2.57 bits per heavy atom. The van der Waals surface area contributed by atoms with Crippen molar-refractivity contribution >= 4 is 17.1 Å². The molecule has 6 heteroatoms. The van der Waals surface area contributed by atoms with E-state index in [0.717, 1.165) is 39.7 Å². The lowest BCUT2D eigenvalue weighted by Crippen LogP contribution is -2.40. The molecule has 2 heterocycles. The van der Waals surface area contributed by atoms with Gasteiger partial charge in [0, 0.05) is 5.56 Å². The summed E-state index contributed by atoms with van der Waals surface area (Å²) in [4.78, 5) is 12.8. The largest absolute Gasteiger partial charge is 0.496 e. The van der Waals surface area contributed by atoms with E-state index < -0.39 is 0 Å². The standard InChI is InChI=1S/C22H22N2O3S/c1-4-22(5-2)13-17(25)16-12-14(10-11-19(16)27-22)20-23-24-21(28-20)15-8-6-7-9-18(15)26-3/h6-12H,4-5,13H2,1-3H3. The second kappa shape index (κ2) is 7.36. The van der Waals surface area contributed by atoms with Crippen molar-refractivity contribution in [3.05, 3.63) is 48.0 Å². The molecular weight excluding hydrogens is 372 g/mol. The summed E-state index contributed by atoms with van der Waals surface area (Å²) in [5, 5.41) is 10.2. The predicted molar refractivity (Wildman–Crippen MR) is 110 cm³/mol. The van der Waals surface area contributed by atoms with E-state index in [-0.39, 0.29) is 11.4 Å². The third-order valence-corrected chi connectivity index (χ3v) is 6.39. The zero-order chi connectivity index (χ0) is 19.7. The van der Waals surface area contributed by atoms with Crippen LogP contribution in [0.1, 0.15) is 43.5 Å². The molecule has 0 amide bonds. The summed E-state index contributed by atoms with van der Waals surface area (Å²) in [6.45, 7) is 4.13. The number of Topliss-reactive ketones (excluding diaryl/α,β-unsaturated/α-hetero) is 1. The highest BCUT2D eigenvalue weighted by molar-refractivity contribution is 7.18. The third kappa shape index (κ3) is 3.18. The van der Waals surface area contributed by atoms with Crippen LogP contribution in [0.3, 0.4) is 0 Å². The molecule has 0 unspecified atom stereocenters. The topological polar surface area (TPSA) is 61.3 Å². The molecule has 5 nitrogen and oxygen atoms in total. The number of carbonyl (C=O) groups excluding carboxylic acids is 1. The van der Waals surface area contributed by atoms with Gasteiger partial charge in [-0.1, -0.05) is 37.3 Å². The smallest absolute Gasteiger partial charge is 0.170 e. The quantitative estimate of drug-likeness (QED) is 0.579. The molecule has 3 aromatic rings. The highest BCUT2D eigenvalue weighted by atomic mass is 32.1. The number of benzene rings is 2. The van der Waals surface area contributed by atoms with Crippen molar-refractivity contribution in [1.29, 1.82) is 0 Å². The van der Waals surface area contributed by atoms with E-state index in [1.807, 2.05) is 42.5 Å². The van der Waals surface area contributed by atoms with Crippen LogP contribution in [0, 0.1) is 0 Å². The summed E-state index contributed by atoms with van der Waals surface area (Å²) >= 11 is 1.47. The summed E-state index contributed by atoms with van der Waals surface area (Å²) < 4.78 is 11.6. The van der Waals surface area contributed by atoms with Crippen LogP contribution in [0.2, 0.25) is 0 Å². The molecule has 0 saturated carbocycles. The fourth-order valence-electron chi connectivity index (χ4n) is 3.54. The third-order valence-electron chi connectivity index (χ3n) is 5.39. The van der Waals surface area contributed by atoms with Gasteiger partial charge in [0.15, 0.2) is 10.8 Å². The summed E-state index contributed by atoms with van der Waals surface area (Å²) in [5.41, 5.74) is 2.02. The van der Waals surface area contributed by atoms with E-state index in [9.17, 15) is 4.79 Å². The number of methoxy groups -OCH3 is 1. The molecule has 0 fully saturated rings. The maximum atomic E-state index is 12.8. The molecule has 1 aliphatic rings. The molecule has 144 valence electrons. The van der Waals surface area contributed by atoms with Gasteiger partial charge in [-0.05, 0) is 43.2 Å². The predicted octanol–water partition coefficient (Wildman–Crippen LogP) is 5.40. The van der Waals surface area contributed by atoms with Crippen molar-refractivity contribution in [3.63, 3.8) is 0 Å². The minimum atomic E-state index is -0.384. The average Bonchev–Trinajstić information content (AvgIpc) is 3.23. The number of hydrogen-bond acceptors (Lipinski definition) is 6.